The maximum atomic E-state index is 4.67. The Hall–Kier alpha value is -2.88. The lowest BCUT2D eigenvalue weighted by Gasteiger charge is -1.98. The first-order valence-corrected chi connectivity index (χ1v) is 6.89. The Morgan fingerprint density at radius 3 is 2.67 bits per heavy atom. The number of hydrogen-bond acceptors (Lipinski definition) is 2. The van der Waals surface area contributed by atoms with Gasteiger partial charge in [-0.1, -0.05) is 30.3 Å². The first kappa shape index (κ1) is 11.9. The summed E-state index contributed by atoms with van der Waals surface area (Å²) in [5.41, 5.74) is 5.52. The highest BCUT2D eigenvalue weighted by atomic mass is 15.1. The summed E-state index contributed by atoms with van der Waals surface area (Å²) in [6.07, 6.45) is 8.74. The van der Waals surface area contributed by atoms with Gasteiger partial charge in [0.05, 0.1) is 11.9 Å². The number of nitrogens with zero attached hydrogens (tertiary/aromatic N) is 3. The van der Waals surface area contributed by atoms with Gasteiger partial charge in [0.2, 0.25) is 0 Å². The van der Waals surface area contributed by atoms with Gasteiger partial charge in [-0.05, 0) is 17.7 Å². The molecule has 0 fully saturated rings. The van der Waals surface area contributed by atoms with Gasteiger partial charge < -0.3 is 4.40 Å². The number of nitrogens with one attached hydrogen (secondary N) is 1. The molecule has 4 nitrogen and oxygen atoms in total. The van der Waals surface area contributed by atoms with Crippen LogP contribution in [0.5, 0.6) is 0 Å². The van der Waals surface area contributed by atoms with Crippen LogP contribution in [0.3, 0.4) is 0 Å². The van der Waals surface area contributed by atoms with Crippen molar-refractivity contribution < 1.29 is 0 Å². The molecule has 3 aromatic heterocycles. The van der Waals surface area contributed by atoms with Gasteiger partial charge >= 0.3 is 0 Å². The van der Waals surface area contributed by atoms with E-state index in [1.165, 1.54) is 5.56 Å². The number of benzene rings is 1. The molecule has 102 valence electrons. The molecule has 0 spiro atoms. The molecule has 0 atom stereocenters. The van der Waals surface area contributed by atoms with Crippen LogP contribution in [0.4, 0.5) is 0 Å². The summed E-state index contributed by atoms with van der Waals surface area (Å²) in [6, 6.07) is 14.5. The summed E-state index contributed by atoms with van der Waals surface area (Å²) < 4.78 is 2.07. The predicted octanol–water partition coefficient (Wildman–Crippen LogP) is 3.32. The Balaban J connectivity index is 1.70. The average Bonchev–Trinajstić information content (AvgIpc) is 3.16. The fourth-order valence-electron chi connectivity index (χ4n) is 2.51. The van der Waals surface area contributed by atoms with E-state index in [4.69, 9.17) is 0 Å². The smallest absolute Gasteiger partial charge is 0.137 e. The minimum Gasteiger partial charge on any atom is -0.306 e. The zero-order valence-electron chi connectivity index (χ0n) is 11.4. The molecule has 0 unspecified atom stereocenters. The molecular formula is C17H14N4. The Bertz CT molecular complexity index is 860. The number of aromatic nitrogens is 4. The molecule has 4 rings (SSSR count). The van der Waals surface area contributed by atoms with Crippen molar-refractivity contribution >= 4 is 5.65 Å². The Kier molecular flexibility index (Phi) is 2.78. The van der Waals surface area contributed by atoms with Crippen LogP contribution in [0, 0.1) is 0 Å². The van der Waals surface area contributed by atoms with Gasteiger partial charge in [0, 0.05) is 36.1 Å². The second-order valence-corrected chi connectivity index (χ2v) is 5.06. The van der Waals surface area contributed by atoms with E-state index in [9.17, 15) is 0 Å². The first-order chi connectivity index (χ1) is 10.4. The third-order valence-electron chi connectivity index (χ3n) is 3.56. The maximum absolute atomic E-state index is 4.67. The fourth-order valence-corrected chi connectivity index (χ4v) is 2.51. The van der Waals surface area contributed by atoms with Crippen LogP contribution in [0.25, 0.3) is 16.8 Å². The van der Waals surface area contributed by atoms with Crippen LogP contribution in [0.2, 0.25) is 0 Å². The summed E-state index contributed by atoms with van der Waals surface area (Å²) in [5, 5.41) is 6.83. The molecule has 4 aromatic rings. The van der Waals surface area contributed by atoms with Gasteiger partial charge in [0.25, 0.3) is 0 Å². The van der Waals surface area contributed by atoms with Gasteiger partial charge in [-0.3, -0.25) is 5.10 Å². The SMILES string of the molecule is c1ccc(Cc2cn3cc(-c4cn[nH]c4)ccc3n2)cc1. The Morgan fingerprint density at radius 1 is 0.952 bits per heavy atom. The number of hydrogen-bond donors (Lipinski definition) is 1. The summed E-state index contributed by atoms with van der Waals surface area (Å²) in [4.78, 5) is 4.67. The first-order valence-electron chi connectivity index (χ1n) is 6.89. The number of imidazole rings is 1. The molecule has 4 heteroatoms. The summed E-state index contributed by atoms with van der Waals surface area (Å²) in [7, 11) is 0. The number of aromatic amines is 1. The van der Waals surface area contributed by atoms with Crippen LogP contribution >= 0.6 is 0 Å². The van der Waals surface area contributed by atoms with Crippen LogP contribution in [-0.2, 0) is 6.42 Å². The van der Waals surface area contributed by atoms with Crippen molar-refractivity contribution in [3.8, 4) is 11.1 Å². The van der Waals surface area contributed by atoms with Crippen molar-refractivity contribution in [1.29, 1.82) is 0 Å². The minimum atomic E-state index is 0.851. The molecule has 0 radical (unpaired) electrons. The van der Waals surface area contributed by atoms with Gasteiger partial charge in [-0.25, -0.2) is 4.98 Å². The summed E-state index contributed by atoms with van der Waals surface area (Å²) in [6.45, 7) is 0. The van der Waals surface area contributed by atoms with Gasteiger partial charge in [-0.15, -0.1) is 0 Å². The molecule has 0 aliphatic rings. The summed E-state index contributed by atoms with van der Waals surface area (Å²) >= 11 is 0. The van der Waals surface area contributed by atoms with E-state index in [1.807, 2.05) is 24.5 Å². The third-order valence-corrected chi connectivity index (χ3v) is 3.56. The molecular weight excluding hydrogens is 260 g/mol. The highest BCUT2D eigenvalue weighted by Gasteiger charge is 2.05. The lowest BCUT2D eigenvalue weighted by Crippen LogP contribution is -1.86. The Labute approximate surface area is 122 Å². The van der Waals surface area contributed by atoms with Crippen LogP contribution < -0.4 is 0 Å². The lowest BCUT2D eigenvalue weighted by atomic mass is 10.1. The molecule has 21 heavy (non-hydrogen) atoms. The molecule has 3 heterocycles. The van der Waals surface area contributed by atoms with Crippen molar-refractivity contribution in [3.63, 3.8) is 0 Å². The average molecular weight is 274 g/mol. The predicted molar refractivity (Wildman–Crippen MR) is 82.0 cm³/mol. The number of H-pyrrole nitrogens is 1. The second kappa shape index (κ2) is 4.90. The van der Waals surface area contributed by atoms with E-state index < -0.39 is 0 Å². The van der Waals surface area contributed by atoms with E-state index in [0.717, 1.165) is 28.9 Å². The number of rotatable bonds is 3. The number of fused-ring (bicyclic) bond motifs is 1. The standard InChI is InChI=1S/C17H14N4/c1-2-4-13(5-3-1)8-16-12-21-11-14(6-7-17(21)20-16)15-9-18-19-10-15/h1-7,9-12H,8H2,(H,18,19). The highest BCUT2D eigenvalue weighted by Crippen LogP contribution is 2.19. The monoisotopic (exact) mass is 274 g/mol. The van der Waals surface area contributed by atoms with E-state index in [-0.39, 0.29) is 0 Å². The van der Waals surface area contributed by atoms with Crippen LogP contribution in [-0.4, -0.2) is 19.6 Å². The second-order valence-electron chi connectivity index (χ2n) is 5.06. The van der Waals surface area contributed by atoms with E-state index in [2.05, 4.69) is 62.3 Å². The largest absolute Gasteiger partial charge is 0.306 e. The number of pyridine rings is 1. The molecule has 1 aromatic carbocycles. The Morgan fingerprint density at radius 2 is 1.86 bits per heavy atom. The van der Waals surface area contributed by atoms with Crippen molar-refractivity contribution in [1.82, 2.24) is 19.6 Å². The highest BCUT2D eigenvalue weighted by molar-refractivity contribution is 5.63. The van der Waals surface area contributed by atoms with Crippen molar-refractivity contribution in [3.05, 3.63) is 78.5 Å². The normalized spacial score (nSPS) is 11.0. The molecule has 0 saturated carbocycles. The van der Waals surface area contributed by atoms with Crippen molar-refractivity contribution in [2.45, 2.75) is 6.42 Å². The van der Waals surface area contributed by atoms with Gasteiger partial charge in [0.15, 0.2) is 0 Å². The van der Waals surface area contributed by atoms with Gasteiger partial charge in [-0.2, -0.15) is 5.10 Å². The quantitative estimate of drug-likeness (QED) is 0.623. The molecule has 0 aliphatic carbocycles. The maximum Gasteiger partial charge on any atom is 0.137 e. The zero-order chi connectivity index (χ0) is 14.1. The van der Waals surface area contributed by atoms with Crippen LogP contribution in [0.1, 0.15) is 11.3 Å². The molecule has 0 amide bonds. The minimum absolute atomic E-state index is 0.851. The van der Waals surface area contributed by atoms with Crippen LogP contribution in [0.15, 0.2) is 67.3 Å². The topological polar surface area (TPSA) is 46.0 Å². The zero-order valence-corrected chi connectivity index (χ0v) is 11.4. The van der Waals surface area contributed by atoms with E-state index in [1.54, 1.807) is 0 Å². The molecule has 0 saturated heterocycles. The van der Waals surface area contributed by atoms with Crippen molar-refractivity contribution in [2.24, 2.45) is 0 Å². The molecule has 0 aliphatic heterocycles. The molecule has 1 N–H and O–H groups in total. The third kappa shape index (κ3) is 2.31. The fraction of sp³-hybridized carbons (Fsp3) is 0.0588. The van der Waals surface area contributed by atoms with Gasteiger partial charge in [0.1, 0.15) is 5.65 Å². The summed E-state index contributed by atoms with van der Waals surface area (Å²) in [5.74, 6) is 0. The van der Waals surface area contributed by atoms with E-state index in [0.29, 0.717) is 0 Å². The van der Waals surface area contributed by atoms with Crippen molar-refractivity contribution in [2.75, 3.05) is 0 Å². The lowest BCUT2D eigenvalue weighted by molar-refractivity contribution is 1.09. The molecule has 0 bridgehead atoms. The van der Waals surface area contributed by atoms with E-state index >= 15 is 0 Å².